The highest BCUT2D eigenvalue weighted by atomic mass is 16.4. The van der Waals surface area contributed by atoms with Crippen LogP contribution in [-0.4, -0.2) is 21.1 Å². The van der Waals surface area contributed by atoms with Gasteiger partial charge in [0.2, 0.25) is 0 Å². The molecule has 2 aromatic carbocycles. The summed E-state index contributed by atoms with van der Waals surface area (Å²) in [5.74, 6) is -0.362. The van der Waals surface area contributed by atoms with E-state index in [-0.39, 0.29) is 11.9 Å². The van der Waals surface area contributed by atoms with Crippen LogP contribution in [0.15, 0.2) is 71.5 Å². The van der Waals surface area contributed by atoms with Crippen molar-refractivity contribution in [1.29, 1.82) is 0 Å². The van der Waals surface area contributed by atoms with Gasteiger partial charge in [-0.3, -0.25) is 15.2 Å². The number of nitrogens with one attached hydrogen (secondary N) is 2. The van der Waals surface area contributed by atoms with E-state index in [0.29, 0.717) is 17.0 Å². The molecule has 0 aliphatic heterocycles. The molecule has 0 atom stereocenters. The Balaban J connectivity index is 1.55. The van der Waals surface area contributed by atoms with Crippen LogP contribution in [0.3, 0.4) is 0 Å². The lowest BCUT2D eigenvalue weighted by molar-refractivity contribution is 0.102. The Bertz CT molecular complexity index is 1030. The van der Waals surface area contributed by atoms with Gasteiger partial charge in [-0.25, -0.2) is 0 Å². The second-order valence-corrected chi connectivity index (χ2v) is 5.88. The highest BCUT2D eigenvalue weighted by molar-refractivity contribution is 6.06. The van der Waals surface area contributed by atoms with Gasteiger partial charge in [-0.05, 0) is 12.5 Å². The monoisotopic (exact) mass is 344 g/mol. The normalized spacial score (nSPS) is 10.7. The molecule has 6 nitrogen and oxygen atoms in total. The summed E-state index contributed by atoms with van der Waals surface area (Å²) >= 11 is 0. The summed E-state index contributed by atoms with van der Waals surface area (Å²) in [5, 5.41) is 9.39. The molecule has 2 N–H and O–H groups in total. The molecule has 4 rings (SSSR count). The van der Waals surface area contributed by atoms with Crippen LogP contribution in [0.2, 0.25) is 0 Å². The highest BCUT2D eigenvalue weighted by Gasteiger charge is 2.17. The van der Waals surface area contributed by atoms with Crippen molar-refractivity contribution >= 4 is 11.9 Å². The standard InChI is InChI=1S/C20H16N4O2/c1-13-7-9-15(10-8-13)17-12-26-20(22-17)23-19(25)18-16(11-21-24-18)14-5-3-2-4-6-14/h2-12H,1H3,(H,21,24)(H,22,23,25). The van der Waals surface area contributed by atoms with Crippen LogP contribution in [0.25, 0.3) is 22.4 Å². The van der Waals surface area contributed by atoms with Crippen LogP contribution >= 0.6 is 0 Å². The SMILES string of the molecule is Cc1ccc(-c2coc(NC(=O)c3[nH]ncc3-c3ccccc3)n2)cc1. The summed E-state index contributed by atoms with van der Waals surface area (Å²) in [6.45, 7) is 2.02. The van der Waals surface area contributed by atoms with Crippen molar-refractivity contribution in [1.82, 2.24) is 15.2 Å². The second kappa shape index (κ2) is 6.68. The van der Waals surface area contributed by atoms with Gasteiger partial charge in [0, 0.05) is 11.1 Å². The van der Waals surface area contributed by atoms with Gasteiger partial charge in [-0.1, -0.05) is 60.2 Å². The van der Waals surface area contributed by atoms with Gasteiger partial charge in [0.15, 0.2) is 0 Å². The topological polar surface area (TPSA) is 83.8 Å². The Morgan fingerprint density at radius 1 is 1.04 bits per heavy atom. The molecule has 2 aromatic heterocycles. The van der Waals surface area contributed by atoms with Gasteiger partial charge in [-0.15, -0.1) is 0 Å². The minimum atomic E-state index is -0.362. The zero-order valence-corrected chi connectivity index (χ0v) is 14.1. The molecule has 2 heterocycles. The maximum Gasteiger partial charge on any atom is 0.302 e. The Labute approximate surface area is 149 Å². The molecule has 0 bridgehead atoms. The van der Waals surface area contributed by atoms with Crippen molar-refractivity contribution in [2.45, 2.75) is 6.92 Å². The summed E-state index contributed by atoms with van der Waals surface area (Å²) in [6.07, 6.45) is 3.14. The molecular weight excluding hydrogens is 328 g/mol. The third kappa shape index (κ3) is 3.12. The molecule has 4 aromatic rings. The average Bonchev–Trinajstić information content (AvgIpc) is 3.32. The molecule has 0 saturated carbocycles. The largest absolute Gasteiger partial charge is 0.431 e. The van der Waals surface area contributed by atoms with E-state index in [9.17, 15) is 4.79 Å². The molecule has 0 saturated heterocycles. The zero-order chi connectivity index (χ0) is 17.9. The predicted molar refractivity (Wildman–Crippen MR) is 98.7 cm³/mol. The van der Waals surface area contributed by atoms with Crippen molar-refractivity contribution in [2.24, 2.45) is 0 Å². The fraction of sp³-hybridized carbons (Fsp3) is 0.0500. The van der Waals surface area contributed by atoms with E-state index in [1.807, 2.05) is 61.5 Å². The van der Waals surface area contributed by atoms with Gasteiger partial charge >= 0.3 is 6.01 Å². The maximum atomic E-state index is 12.6. The van der Waals surface area contributed by atoms with Crippen molar-refractivity contribution in [3.05, 3.63) is 78.3 Å². The molecule has 26 heavy (non-hydrogen) atoms. The number of carbonyl (C=O) groups is 1. The van der Waals surface area contributed by atoms with Gasteiger partial charge in [0.1, 0.15) is 17.7 Å². The van der Waals surface area contributed by atoms with Gasteiger partial charge < -0.3 is 4.42 Å². The van der Waals surface area contributed by atoms with Crippen LogP contribution in [0.1, 0.15) is 16.1 Å². The molecule has 0 spiro atoms. The Hall–Kier alpha value is -3.67. The predicted octanol–water partition coefficient (Wildman–Crippen LogP) is 4.29. The summed E-state index contributed by atoms with van der Waals surface area (Å²) in [6, 6.07) is 17.6. The highest BCUT2D eigenvalue weighted by Crippen LogP contribution is 2.24. The number of carbonyl (C=O) groups excluding carboxylic acids is 1. The number of amides is 1. The van der Waals surface area contributed by atoms with Crippen molar-refractivity contribution < 1.29 is 9.21 Å². The zero-order valence-electron chi connectivity index (χ0n) is 14.1. The molecule has 1 amide bonds. The number of aromatic nitrogens is 3. The lowest BCUT2D eigenvalue weighted by atomic mass is 10.1. The maximum absolute atomic E-state index is 12.6. The number of hydrogen-bond donors (Lipinski definition) is 2. The number of H-pyrrole nitrogens is 1. The summed E-state index contributed by atoms with van der Waals surface area (Å²) in [4.78, 5) is 16.9. The van der Waals surface area contributed by atoms with E-state index < -0.39 is 0 Å². The van der Waals surface area contributed by atoms with Crippen LogP contribution in [0, 0.1) is 6.92 Å². The van der Waals surface area contributed by atoms with Crippen LogP contribution in [-0.2, 0) is 0 Å². The summed E-state index contributed by atoms with van der Waals surface area (Å²) < 4.78 is 5.39. The third-order valence-corrected chi connectivity index (χ3v) is 4.02. The lowest BCUT2D eigenvalue weighted by Crippen LogP contribution is -2.13. The molecule has 0 unspecified atom stereocenters. The summed E-state index contributed by atoms with van der Waals surface area (Å²) in [5.41, 5.74) is 4.72. The lowest BCUT2D eigenvalue weighted by Gasteiger charge is -2.02. The Kier molecular flexibility index (Phi) is 4.07. The first-order valence-electron chi connectivity index (χ1n) is 8.13. The third-order valence-electron chi connectivity index (χ3n) is 4.02. The van der Waals surface area contributed by atoms with E-state index in [1.54, 1.807) is 6.20 Å². The first-order chi connectivity index (χ1) is 12.7. The van der Waals surface area contributed by atoms with Gasteiger partial charge in [0.05, 0.1) is 6.20 Å². The molecular formula is C20H16N4O2. The summed E-state index contributed by atoms with van der Waals surface area (Å²) in [7, 11) is 0. The van der Waals surface area contributed by atoms with Crippen molar-refractivity contribution in [2.75, 3.05) is 5.32 Å². The van der Waals surface area contributed by atoms with Crippen LogP contribution in [0.5, 0.6) is 0 Å². The van der Waals surface area contributed by atoms with Crippen molar-refractivity contribution in [3.63, 3.8) is 0 Å². The van der Waals surface area contributed by atoms with E-state index in [1.165, 1.54) is 11.8 Å². The Morgan fingerprint density at radius 2 is 1.81 bits per heavy atom. The fourth-order valence-corrected chi connectivity index (χ4v) is 2.64. The quantitative estimate of drug-likeness (QED) is 0.578. The van der Waals surface area contributed by atoms with E-state index in [0.717, 1.165) is 11.1 Å². The average molecular weight is 344 g/mol. The van der Waals surface area contributed by atoms with E-state index >= 15 is 0 Å². The first kappa shape index (κ1) is 15.8. The molecule has 128 valence electrons. The van der Waals surface area contributed by atoms with Gasteiger partial charge in [0.25, 0.3) is 5.91 Å². The van der Waals surface area contributed by atoms with Gasteiger partial charge in [-0.2, -0.15) is 10.1 Å². The van der Waals surface area contributed by atoms with Crippen molar-refractivity contribution in [3.8, 4) is 22.4 Å². The number of oxazole rings is 1. The number of rotatable bonds is 4. The first-order valence-corrected chi connectivity index (χ1v) is 8.13. The number of anilines is 1. The number of aryl methyl sites for hydroxylation is 1. The molecule has 0 fully saturated rings. The second-order valence-electron chi connectivity index (χ2n) is 5.88. The Morgan fingerprint density at radius 3 is 2.58 bits per heavy atom. The number of aromatic amines is 1. The van der Waals surface area contributed by atoms with Crippen LogP contribution in [0.4, 0.5) is 6.01 Å². The molecule has 0 radical (unpaired) electrons. The minimum Gasteiger partial charge on any atom is -0.431 e. The molecule has 0 aliphatic carbocycles. The number of hydrogen-bond acceptors (Lipinski definition) is 4. The minimum absolute atomic E-state index is 0.138. The molecule has 6 heteroatoms. The molecule has 0 aliphatic rings. The van der Waals surface area contributed by atoms with E-state index in [2.05, 4.69) is 20.5 Å². The van der Waals surface area contributed by atoms with E-state index in [4.69, 9.17) is 4.42 Å². The smallest absolute Gasteiger partial charge is 0.302 e. The van der Waals surface area contributed by atoms with Crippen LogP contribution < -0.4 is 5.32 Å². The number of benzene rings is 2. The fourth-order valence-electron chi connectivity index (χ4n) is 2.64. The number of nitrogens with zero attached hydrogens (tertiary/aromatic N) is 2.